The second-order valence-corrected chi connectivity index (χ2v) is 12.6. The molecule has 3 atom stereocenters. The number of allylic oxidation sites excluding steroid dienone is 2. The van der Waals surface area contributed by atoms with E-state index in [4.69, 9.17) is 4.98 Å². The van der Waals surface area contributed by atoms with E-state index in [2.05, 4.69) is 49.4 Å². The molecule has 2 aromatic heterocycles. The van der Waals surface area contributed by atoms with Gasteiger partial charge in [0.15, 0.2) is 5.82 Å². The number of alkyl halides is 2. The minimum atomic E-state index is -2.61. The molecular weight excluding hydrogens is 594 g/mol. The van der Waals surface area contributed by atoms with Crippen LogP contribution in [0.25, 0.3) is 5.78 Å². The average molecular weight is 645 g/mol. The molecule has 254 valence electrons. The van der Waals surface area contributed by atoms with Gasteiger partial charge in [0.1, 0.15) is 5.69 Å². The van der Waals surface area contributed by atoms with Crippen molar-refractivity contribution in [3.63, 3.8) is 0 Å². The first kappa shape index (κ1) is 35.2. The number of rotatable bonds is 8. The van der Waals surface area contributed by atoms with Crippen molar-refractivity contribution in [3.8, 4) is 0 Å². The van der Waals surface area contributed by atoms with Crippen LogP contribution in [-0.4, -0.2) is 99.8 Å². The molecule has 1 saturated carbocycles. The van der Waals surface area contributed by atoms with Gasteiger partial charge in [-0.05, 0) is 72.8 Å². The van der Waals surface area contributed by atoms with Crippen molar-refractivity contribution >= 4 is 30.6 Å². The first-order valence-corrected chi connectivity index (χ1v) is 16.4. The van der Waals surface area contributed by atoms with E-state index < -0.39 is 12.0 Å². The molecule has 2 N–H and O–H groups in total. The van der Waals surface area contributed by atoms with Gasteiger partial charge in [-0.15, -0.1) is 0 Å². The fourth-order valence-corrected chi connectivity index (χ4v) is 6.60. The number of hydrogen-bond acceptors (Lipinski definition) is 9. The van der Waals surface area contributed by atoms with E-state index in [1.807, 2.05) is 38.8 Å². The van der Waals surface area contributed by atoms with Crippen LogP contribution in [0.4, 0.5) is 14.6 Å². The first-order valence-electron chi connectivity index (χ1n) is 16.4. The summed E-state index contributed by atoms with van der Waals surface area (Å²) >= 11 is 0. The Kier molecular flexibility index (Phi) is 12.0. The number of anilines is 1. The summed E-state index contributed by atoms with van der Waals surface area (Å²) in [5, 5.41) is 15.8. The maximum Gasteiger partial charge on any atom is 0.252 e. The second kappa shape index (κ2) is 15.7. The Hall–Kier alpha value is -3.68. The summed E-state index contributed by atoms with van der Waals surface area (Å²) in [6, 6.07) is 0.700. The Bertz CT molecular complexity index is 1350. The largest absolute Gasteiger partial charge is 0.356 e. The van der Waals surface area contributed by atoms with Crippen molar-refractivity contribution in [2.24, 2.45) is 11.0 Å². The zero-order valence-electron chi connectivity index (χ0n) is 27.9. The number of nitrogens with zero attached hydrogens (tertiary/aromatic N) is 8. The molecule has 46 heavy (non-hydrogen) atoms. The minimum absolute atomic E-state index is 0.0787. The van der Waals surface area contributed by atoms with Crippen LogP contribution >= 0.6 is 0 Å². The molecule has 12 nitrogen and oxygen atoms in total. The molecule has 3 unspecified atom stereocenters. The third-order valence-corrected chi connectivity index (χ3v) is 9.58. The molecule has 7 rings (SSSR count). The number of carbonyl (C=O) groups is 2. The number of amides is 2. The lowest BCUT2D eigenvalue weighted by molar-refractivity contribution is -0.122. The molecule has 14 heteroatoms. The molecule has 0 radical (unpaired) electrons. The minimum Gasteiger partial charge on any atom is -0.356 e. The van der Waals surface area contributed by atoms with Gasteiger partial charge in [0.2, 0.25) is 18.2 Å². The van der Waals surface area contributed by atoms with Gasteiger partial charge in [-0.1, -0.05) is 6.08 Å². The van der Waals surface area contributed by atoms with Gasteiger partial charge in [-0.2, -0.15) is 15.2 Å². The second-order valence-electron chi connectivity index (χ2n) is 12.6. The van der Waals surface area contributed by atoms with Crippen LogP contribution in [0.5, 0.6) is 0 Å². The number of imidazole rings is 1. The number of likely N-dealkylation sites (N-methyl/N-ethyl adjacent to an activating group) is 1. The van der Waals surface area contributed by atoms with E-state index >= 15 is 0 Å². The topological polar surface area (TPSA) is 123 Å². The lowest BCUT2D eigenvalue weighted by Gasteiger charge is -2.55. The van der Waals surface area contributed by atoms with Gasteiger partial charge < -0.3 is 15.5 Å². The number of nitrogens with one attached hydrogen (secondary N) is 2. The quantitative estimate of drug-likeness (QED) is 0.251. The third-order valence-electron chi connectivity index (χ3n) is 9.58. The number of aromatic nitrogens is 4. The summed E-state index contributed by atoms with van der Waals surface area (Å²) in [7, 11) is 2.17. The molecule has 6 heterocycles. The standard InChI is InChI=1S/C20H27F2N7O.C7H14N2.C5H9NO/c1-12-18(28-8-14-7-15(9-28)27(14)2)25-19-24-16(10-29(19)26-12)17(23-11-30)13-3-5-20(21,22)6-4-13;1-5-7(3)9(6-2)8-4;7-5-3-1-2-4-6-5/h10-11,13-15,17H,3-9H2,1-2H3,(H,23,30);5H,4,6H2,1-3H3;1-4H2,(H,6,7)/b;7-5-;. The number of piperidine rings is 2. The highest BCUT2D eigenvalue weighted by Crippen LogP contribution is 2.41. The Labute approximate surface area is 270 Å². The molecule has 5 fully saturated rings. The maximum atomic E-state index is 13.6. The van der Waals surface area contributed by atoms with Gasteiger partial charge >= 0.3 is 0 Å². The highest BCUT2D eigenvalue weighted by molar-refractivity contribution is 5.76. The van der Waals surface area contributed by atoms with Crippen molar-refractivity contribution < 1.29 is 18.4 Å². The molecule has 4 saturated heterocycles. The summed E-state index contributed by atoms with van der Waals surface area (Å²) in [5.74, 6) is -1.16. The van der Waals surface area contributed by atoms with Gasteiger partial charge in [0, 0.05) is 69.9 Å². The number of fused-ring (bicyclic) bond motifs is 3. The zero-order valence-corrected chi connectivity index (χ0v) is 27.9. The fourth-order valence-electron chi connectivity index (χ4n) is 6.60. The van der Waals surface area contributed by atoms with Crippen LogP contribution in [-0.2, 0) is 9.59 Å². The molecule has 1 aliphatic carbocycles. The number of aryl methyl sites for hydroxylation is 1. The summed E-state index contributed by atoms with van der Waals surface area (Å²) in [6.07, 6.45) is 8.97. The predicted molar refractivity (Wildman–Crippen MR) is 175 cm³/mol. The van der Waals surface area contributed by atoms with Crippen LogP contribution < -0.4 is 15.5 Å². The Morgan fingerprint density at radius 1 is 1.26 bits per heavy atom. The molecule has 5 aliphatic rings. The van der Waals surface area contributed by atoms with Crippen molar-refractivity contribution in [2.45, 2.75) is 103 Å². The highest BCUT2D eigenvalue weighted by Gasteiger charge is 2.43. The molecule has 2 aromatic rings. The van der Waals surface area contributed by atoms with Gasteiger partial charge in [-0.3, -0.25) is 19.5 Å². The highest BCUT2D eigenvalue weighted by atomic mass is 19.3. The van der Waals surface area contributed by atoms with Crippen molar-refractivity contribution in [1.82, 2.24) is 40.1 Å². The lowest BCUT2D eigenvalue weighted by atomic mass is 9.81. The molecule has 4 aliphatic heterocycles. The third kappa shape index (κ3) is 8.56. The summed E-state index contributed by atoms with van der Waals surface area (Å²) in [5.41, 5.74) is 2.59. The summed E-state index contributed by atoms with van der Waals surface area (Å²) in [6.45, 7) is 15.1. The number of piperazine rings is 1. The molecular formula is C32H50F2N10O2. The molecule has 0 spiro atoms. The average Bonchev–Trinajstić information content (AvgIpc) is 3.47. The normalized spacial score (nSPS) is 23.5. The van der Waals surface area contributed by atoms with E-state index in [1.54, 1.807) is 10.7 Å². The lowest BCUT2D eigenvalue weighted by Crippen LogP contribution is -2.67. The Morgan fingerprint density at radius 2 is 1.96 bits per heavy atom. The number of hydrogen-bond donors (Lipinski definition) is 2. The van der Waals surface area contributed by atoms with E-state index in [0.717, 1.165) is 62.7 Å². The van der Waals surface area contributed by atoms with Crippen LogP contribution in [0.1, 0.15) is 89.6 Å². The number of carbonyl (C=O) groups excluding carboxylic acids is 2. The van der Waals surface area contributed by atoms with Crippen LogP contribution in [0, 0.1) is 12.8 Å². The Balaban J connectivity index is 0.000000247. The van der Waals surface area contributed by atoms with E-state index in [9.17, 15) is 18.4 Å². The number of halogens is 2. The smallest absolute Gasteiger partial charge is 0.252 e. The van der Waals surface area contributed by atoms with E-state index in [0.29, 0.717) is 42.8 Å². The van der Waals surface area contributed by atoms with Crippen molar-refractivity contribution in [3.05, 3.63) is 29.4 Å². The van der Waals surface area contributed by atoms with Crippen molar-refractivity contribution in [2.75, 3.05) is 38.1 Å². The zero-order chi connectivity index (χ0) is 33.4. The van der Waals surface area contributed by atoms with Gasteiger partial charge in [0.25, 0.3) is 5.78 Å². The predicted octanol–water partition coefficient (Wildman–Crippen LogP) is 4.07. The molecule has 2 amide bonds. The molecule has 0 aromatic carbocycles. The van der Waals surface area contributed by atoms with Crippen LogP contribution in [0.2, 0.25) is 0 Å². The summed E-state index contributed by atoms with van der Waals surface area (Å²) in [4.78, 5) is 35.7. The van der Waals surface area contributed by atoms with Crippen molar-refractivity contribution in [1.29, 1.82) is 0 Å². The van der Waals surface area contributed by atoms with Crippen LogP contribution in [0.3, 0.4) is 0 Å². The monoisotopic (exact) mass is 644 g/mol. The van der Waals surface area contributed by atoms with Gasteiger partial charge in [0.05, 0.1) is 17.9 Å². The van der Waals surface area contributed by atoms with Crippen LogP contribution in [0.15, 0.2) is 23.1 Å². The first-order chi connectivity index (χ1) is 22.0. The van der Waals surface area contributed by atoms with E-state index in [-0.39, 0.29) is 24.7 Å². The summed E-state index contributed by atoms with van der Waals surface area (Å²) < 4.78 is 28.8. The fraction of sp³-hybridized carbons (Fsp3) is 0.688. The van der Waals surface area contributed by atoms with E-state index in [1.165, 1.54) is 6.42 Å². The Morgan fingerprint density at radius 3 is 2.43 bits per heavy atom. The molecule has 2 bridgehead atoms. The SMILES string of the molecule is C=NN(CC)/C(C)=C\C.Cc1nn2cc(C(NC=O)C3CCC(F)(F)CC3)nc2nc1N1CC2CC(C1)N2C.O=C1CCCCN1. The number of hydrazone groups is 1. The van der Waals surface area contributed by atoms with Gasteiger partial charge in [-0.25, -0.2) is 18.3 Å². The maximum absolute atomic E-state index is 13.6.